The minimum absolute atomic E-state index is 0.0627. The van der Waals surface area contributed by atoms with Crippen molar-refractivity contribution in [2.75, 3.05) is 6.61 Å². The van der Waals surface area contributed by atoms with Crippen LogP contribution in [0.2, 0.25) is 0 Å². The van der Waals surface area contributed by atoms with E-state index in [1.54, 1.807) is 24.3 Å². The lowest BCUT2D eigenvalue weighted by Crippen LogP contribution is -2.42. The second kappa shape index (κ2) is 5.82. The number of hydrogen-bond acceptors (Lipinski definition) is 3. The summed E-state index contributed by atoms with van der Waals surface area (Å²) in [5.74, 6) is 0. The summed E-state index contributed by atoms with van der Waals surface area (Å²) in [5.41, 5.74) is 0.467. The third kappa shape index (κ3) is 4.08. The number of nitrogens with one attached hydrogen (secondary N) is 1. The first-order valence-electron chi connectivity index (χ1n) is 6.04. The fourth-order valence-corrected chi connectivity index (χ4v) is 2.94. The molecule has 0 fully saturated rings. The molecule has 4 nitrogen and oxygen atoms in total. The van der Waals surface area contributed by atoms with Crippen molar-refractivity contribution in [1.82, 2.24) is 4.72 Å². The molecule has 0 aliphatic rings. The van der Waals surface area contributed by atoms with Crippen molar-refractivity contribution in [3.63, 3.8) is 0 Å². The van der Waals surface area contributed by atoms with Gasteiger partial charge in [-0.2, -0.15) is 0 Å². The zero-order chi connectivity index (χ0) is 13.8. The van der Waals surface area contributed by atoms with Crippen molar-refractivity contribution in [2.24, 2.45) is 0 Å². The molecule has 0 aromatic heterocycles. The smallest absolute Gasteiger partial charge is 0.241 e. The summed E-state index contributed by atoms with van der Waals surface area (Å²) in [6.07, 6.45) is 1.25. The molecule has 1 rings (SSSR count). The average molecular weight is 271 g/mol. The Morgan fingerprint density at radius 2 is 1.78 bits per heavy atom. The molecule has 1 aromatic rings. The summed E-state index contributed by atoms with van der Waals surface area (Å²) in [6, 6.07) is 6.59. The van der Waals surface area contributed by atoms with E-state index in [1.165, 1.54) is 0 Å². The largest absolute Gasteiger partial charge is 0.396 e. The molecule has 0 saturated carbocycles. The van der Waals surface area contributed by atoms with E-state index in [-0.39, 0.29) is 11.5 Å². The molecule has 18 heavy (non-hydrogen) atoms. The highest BCUT2D eigenvalue weighted by molar-refractivity contribution is 7.89. The van der Waals surface area contributed by atoms with Gasteiger partial charge in [0.2, 0.25) is 10.0 Å². The van der Waals surface area contributed by atoms with Crippen molar-refractivity contribution in [1.29, 1.82) is 0 Å². The van der Waals surface area contributed by atoms with Gasteiger partial charge in [-0.05, 0) is 44.4 Å². The van der Waals surface area contributed by atoms with E-state index in [0.29, 0.717) is 6.42 Å². The lowest BCUT2D eigenvalue weighted by atomic mass is 10.0. The highest BCUT2D eigenvalue weighted by atomic mass is 32.2. The van der Waals surface area contributed by atoms with Crippen molar-refractivity contribution in [3.05, 3.63) is 29.8 Å². The Hall–Kier alpha value is -0.910. The number of benzene rings is 1. The molecule has 0 spiro atoms. The first kappa shape index (κ1) is 15.1. The fraction of sp³-hybridized carbons (Fsp3) is 0.538. The SMILES string of the molecule is CCC(C)(C)NS(=O)(=O)c1ccc(CCO)cc1. The lowest BCUT2D eigenvalue weighted by molar-refractivity contribution is 0.299. The molecule has 0 aliphatic carbocycles. The van der Waals surface area contributed by atoms with Crippen LogP contribution in [0.3, 0.4) is 0 Å². The zero-order valence-corrected chi connectivity index (χ0v) is 11.9. The zero-order valence-electron chi connectivity index (χ0n) is 11.1. The van der Waals surface area contributed by atoms with Gasteiger partial charge in [-0.25, -0.2) is 13.1 Å². The molecule has 0 heterocycles. The summed E-state index contributed by atoms with van der Waals surface area (Å²) < 4.78 is 26.9. The first-order valence-corrected chi connectivity index (χ1v) is 7.53. The van der Waals surface area contributed by atoms with E-state index in [0.717, 1.165) is 12.0 Å². The summed E-state index contributed by atoms with van der Waals surface area (Å²) >= 11 is 0. The number of rotatable bonds is 6. The van der Waals surface area contributed by atoms with Crippen LogP contribution in [-0.2, 0) is 16.4 Å². The maximum Gasteiger partial charge on any atom is 0.241 e. The number of aliphatic hydroxyl groups excluding tert-OH is 1. The van der Waals surface area contributed by atoms with E-state index in [2.05, 4.69) is 4.72 Å². The molecule has 0 aliphatic heterocycles. The maximum absolute atomic E-state index is 12.1. The molecule has 2 N–H and O–H groups in total. The second-order valence-electron chi connectivity index (χ2n) is 4.96. The van der Waals surface area contributed by atoms with Crippen molar-refractivity contribution in [3.8, 4) is 0 Å². The Balaban J connectivity index is 2.92. The van der Waals surface area contributed by atoms with E-state index in [9.17, 15) is 8.42 Å². The van der Waals surface area contributed by atoms with E-state index < -0.39 is 15.6 Å². The number of aliphatic hydroxyl groups is 1. The van der Waals surface area contributed by atoms with E-state index in [4.69, 9.17) is 5.11 Å². The summed E-state index contributed by atoms with van der Waals surface area (Å²) in [5, 5.41) is 8.80. The van der Waals surface area contributed by atoms with Gasteiger partial charge in [-0.1, -0.05) is 19.1 Å². The lowest BCUT2D eigenvalue weighted by Gasteiger charge is -2.24. The normalized spacial score (nSPS) is 12.7. The van der Waals surface area contributed by atoms with Gasteiger partial charge in [0.15, 0.2) is 0 Å². The van der Waals surface area contributed by atoms with Crippen molar-refractivity contribution >= 4 is 10.0 Å². The van der Waals surface area contributed by atoms with E-state index in [1.807, 2.05) is 20.8 Å². The molecule has 0 saturated heterocycles. The van der Waals surface area contributed by atoms with Crippen LogP contribution in [0.25, 0.3) is 0 Å². The van der Waals surface area contributed by atoms with Crippen LogP contribution in [0.15, 0.2) is 29.2 Å². The topological polar surface area (TPSA) is 66.4 Å². The fourth-order valence-electron chi connectivity index (χ4n) is 1.46. The first-order chi connectivity index (χ1) is 8.30. The summed E-state index contributed by atoms with van der Waals surface area (Å²) in [6.45, 7) is 5.70. The maximum atomic E-state index is 12.1. The summed E-state index contributed by atoms with van der Waals surface area (Å²) in [4.78, 5) is 0.255. The number of sulfonamides is 1. The molecular formula is C13H21NO3S. The predicted molar refractivity (Wildman–Crippen MR) is 71.9 cm³/mol. The quantitative estimate of drug-likeness (QED) is 0.827. The van der Waals surface area contributed by atoms with Gasteiger partial charge in [0, 0.05) is 12.1 Å². The van der Waals surface area contributed by atoms with Crippen molar-refractivity contribution in [2.45, 2.75) is 44.0 Å². The van der Waals surface area contributed by atoms with Crippen LogP contribution in [0.5, 0.6) is 0 Å². The molecule has 5 heteroatoms. The predicted octanol–water partition coefficient (Wildman–Crippen LogP) is 1.69. The molecule has 0 amide bonds. The highest BCUT2D eigenvalue weighted by Crippen LogP contribution is 2.16. The Labute approximate surface area is 109 Å². The molecule has 0 unspecified atom stereocenters. The van der Waals surface area contributed by atoms with Gasteiger partial charge in [0.25, 0.3) is 0 Å². The van der Waals surface area contributed by atoms with Gasteiger partial charge in [-0.3, -0.25) is 0 Å². The van der Waals surface area contributed by atoms with Gasteiger partial charge in [0.1, 0.15) is 0 Å². The van der Waals surface area contributed by atoms with Crippen LogP contribution in [0.1, 0.15) is 32.8 Å². The van der Waals surface area contributed by atoms with Crippen LogP contribution in [0.4, 0.5) is 0 Å². The third-order valence-corrected chi connectivity index (χ3v) is 4.64. The molecule has 1 aromatic carbocycles. The minimum atomic E-state index is -3.47. The molecule has 0 bridgehead atoms. The van der Waals surface area contributed by atoms with Gasteiger partial charge >= 0.3 is 0 Å². The molecule has 0 radical (unpaired) electrons. The standard InChI is InChI=1S/C13H21NO3S/c1-4-13(2,3)14-18(16,17)12-7-5-11(6-8-12)9-10-15/h5-8,14-15H,4,9-10H2,1-3H3. The number of hydrogen-bond donors (Lipinski definition) is 2. The van der Waals surface area contributed by atoms with Crippen LogP contribution < -0.4 is 4.72 Å². The molecular weight excluding hydrogens is 250 g/mol. The molecule has 0 atom stereocenters. The van der Waals surface area contributed by atoms with Crippen LogP contribution in [0, 0.1) is 0 Å². The second-order valence-corrected chi connectivity index (χ2v) is 6.64. The van der Waals surface area contributed by atoms with Gasteiger partial charge in [0.05, 0.1) is 4.90 Å². The van der Waals surface area contributed by atoms with E-state index >= 15 is 0 Å². The van der Waals surface area contributed by atoms with Crippen LogP contribution in [-0.4, -0.2) is 25.7 Å². The van der Waals surface area contributed by atoms with Gasteiger partial charge in [-0.15, -0.1) is 0 Å². The van der Waals surface area contributed by atoms with Gasteiger partial charge < -0.3 is 5.11 Å². The monoisotopic (exact) mass is 271 g/mol. The Bertz CT molecular complexity index is 477. The van der Waals surface area contributed by atoms with Crippen molar-refractivity contribution < 1.29 is 13.5 Å². The summed E-state index contributed by atoms with van der Waals surface area (Å²) in [7, 11) is -3.47. The average Bonchev–Trinajstić information content (AvgIpc) is 2.29. The molecule has 102 valence electrons. The highest BCUT2D eigenvalue weighted by Gasteiger charge is 2.24. The third-order valence-electron chi connectivity index (χ3n) is 2.93. The Morgan fingerprint density at radius 1 is 1.22 bits per heavy atom. The Morgan fingerprint density at radius 3 is 2.22 bits per heavy atom. The van der Waals surface area contributed by atoms with Crippen LogP contribution >= 0.6 is 0 Å². The Kier molecular flexibility index (Phi) is 4.90. The minimum Gasteiger partial charge on any atom is -0.396 e.